The minimum Gasteiger partial charge on any atom is -0.179 e. The number of allylic oxidation sites excluding steroid dienone is 2. The standard InChI is InChI=1S/C12H20S/c1-3-11-7-5-6-8-12(11,4-2)9-10-13/h3-4,11,13H,1-2,5-10H2. The van der Waals surface area contributed by atoms with Crippen molar-refractivity contribution in [1.29, 1.82) is 0 Å². The Labute approximate surface area is 87.5 Å². The van der Waals surface area contributed by atoms with E-state index in [0.29, 0.717) is 11.3 Å². The molecule has 1 fully saturated rings. The molecule has 74 valence electrons. The number of rotatable bonds is 4. The number of thiol groups is 1. The average Bonchev–Trinajstić information content (AvgIpc) is 2.19. The van der Waals surface area contributed by atoms with Gasteiger partial charge in [-0.1, -0.05) is 25.0 Å². The zero-order valence-corrected chi connectivity index (χ0v) is 9.23. The number of hydrogen-bond acceptors (Lipinski definition) is 1. The third kappa shape index (κ3) is 2.19. The van der Waals surface area contributed by atoms with Crippen LogP contribution >= 0.6 is 12.6 Å². The van der Waals surface area contributed by atoms with E-state index in [1.165, 1.54) is 25.7 Å². The largest absolute Gasteiger partial charge is 0.179 e. The van der Waals surface area contributed by atoms with Gasteiger partial charge in [-0.2, -0.15) is 12.6 Å². The van der Waals surface area contributed by atoms with Crippen LogP contribution in [0.1, 0.15) is 32.1 Å². The first-order chi connectivity index (χ1) is 6.29. The van der Waals surface area contributed by atoms with Gasteiger partial charge in [0.25, 0.3) is 0 Å². The Morgan fingerprint density at radius 3 is 2.69 bits per heavy atom. The first-order valence-corrected chi connectivity index (χ1v) is 5.79. The minimum atomic E-state index is 0.307. The van der Waals surface area contributed by atoms with Gasteiger partial charge in [-0.05, 0) is 36.3 Å². The first kappa shape index (κ1) is 10.9. The van der Waals surface area contributed by atoms with Gasteiger partial charge in [-0.3, -0.25) is 0 Å². The summed E-state index contributed by atoms with van der Waals surface area (Å²) in [6.07, 6.45) is 10.6. The van der Waals surface area contributed by atoms with Gasteiger partial charge < -0.3 is 0 Å². The second-order valence-electron chi connectivity index (χ2n) is 4.00. The third-order valence-corrected chi connectivity index (χ3v) is 3.64. The monoisotopic (exact) mass is 196 g/mol. The van der Waals surface area contributed by atoms with Crippen LogP contribution in [0.3, 0.4) is 0 Å². The maximum atomic E-state index is 4.34. The van der Waals surface area contributed by atoms with Gasteiger partial charge in [0.15, 0.2) is 0 Å². The molecule has 0 radical (unpaired) electrons. The van der Waals surface area contributed by atoms with Crippen LogP contribution in [0.5, 0.6) is 0 Å². The summed E-state index contributed by atoms with van der Waals surface area (Å²) >= 11 is 4.34. The van der Waals surface area contributed by atoms with E-state index < -0.39 is 0 Å². The lowest BCUT2D eigenvalue weighted by Gasteiger charge is -2.40. The average molecular weight is 196 g/mol. The van der Waals surface area contributed by atoms with Gasteiger partial charge in [-0.25, -0.2) is 0 Å². The maximum absolute atomic E-state index is 4.34. The topological polar surface area (TPSA) is 0 Å². The molecule has 0 amide bonds. The third-order valence-electron chi connectivity index (χ3n) is 3.41. The highest BCUT2D eigenvalue weighted by Crippen LogP contribution is 2.45. The molecule has 0 spiro atoms. The summed E-state index contributed by atoms with van der Waals surface area (Å²) in [5, 5.41) is 0. The lowest BCUT2D eigenvalue weighted by Crippen LogP contribution is -2.31. The molecule has 1 aliphatic carbocycles. The van der Waals surface area contributed by atoms with Crippen molar-refractivity contribution in [2.45, 2.75) is 32.1 Å². The van der Waals surface area contributed by atoms with Crippen molar-refractivity contribution in [3.05, 3.63) is 25.3 Å². The second-order valence-corrected chi connectivity index (χ2v) is 4.45. The van der Waals surface area contributed by atoms with E-state index in [0.717, 1.165) is 12.2 Å². The Kier molecular flexibility index (Phi) is 4.11. The maximum Gasteiger partial charge on any atom is -0.00505 e. The van der Waals surface area contributed by atoms with Crippen LogP contribution in [0.4, 0.5) is 0 Å². The van der Waals surface area contributed by atoms with Gasteiger partial charge in [0.05, 0.1) is 0 Å². The minimum absolute atomic E-state index is 0.307. The van der Waals surface area contributed by atoms with E-state index in [-0.39, 0.29) is 0 Å². The van der Waals surface area contributed by atoms with E-state index in [1.807, 2.05) is 0 Å². The molecule has 0 bridgehead atoms. The van der Waals surface area contributed by atoms with E-state index in [1.54, 1.807) is 0 Å². The molecule has 0 aromatic heterocycles. The SMILES string of the molecule is C=CC1CCCCC1(C=C)CCS. The molecule has 0 aromatic carbocycles. The second kappa shape index (κ2) is 4.90. The molecule has 1 saturated carbocycles. The first-order valence-electron chi connectivity index (χ1n) is 5.16. The molecule has 0 nitrogen and oxygen atoms in total. The Bertz CT molecular complexity index is 182. The Hall–Kier alpha value is -0.170. The van der Waals surface area contributed by atoms with Crippen LogP contribution in [0.15, 0.2) is 25.3 Å². The molecule has 0 N–H and O–H groups in total. The summed E-state index contributed by atoms with van der Waals surface area (Å²) in [4.78, 5) is 0. The molecule has 0 aliphatic heterocycles. The van der Waals surface area contributed by atoms with Gasteiger partial charge >= 0.3 is 0 Å². The normalized spacial score (nSPS) is 34.1. The van der Waals surface area contributed by atoms with Crippen molar-refractivity contribution in [1.82, 2.24) is 0 Å². The molecule has 0 saturated heterocycles. The lowest BCUT2D eigenvalue weighted by molar-refractivity contribution is 0.185. The summed E-state index contributed by atoms with van der Waals surface area (Å²) in [5.74, 6) is 1.59. The fourth-order valence-corrected chi connectivity index (χ4v) is 2.93. The van der Waals surface area contributed by atoms with Crippen molar-refractivity contribution in [3.8, 4) is 0 Å². The zero-order chi connectivity index (χ0) is 9.73. The van der Waals surface area contributed by atoms with Crippen LogP contribution in [0.25, 0.3) is 0 Å². The van der Waals surface area contributed by atoms with E-state index in [2.05, 4.69) is 37.9 Å². The van der Waals surface area contributed by atoms with Gasteiger partial charge in [0, 0.05) is 0 Å². The number of hydrogen-bond donors (Lipinski definition) is 1. The molecule has 0 aromatic rings. The zero-order valence-electron chi connectivity index (χ0n) is 8.34. The molecule has 0 heterocycles. The summed E-state index contributed by atoms with van der Waals surface area (Å²) in [6, 6.07) is 0. The Morgan fingerprint density at radius 2 is 2.15 bits per heavy atom. The van der Waals surface area contributed by atoms with Crippen LogP contribution in [0.2, 0.25) is 0 Å². The van der Waals surface area contributed by atoms with Crippen LogP contribution < -0.4 is 0 Å². The Morgan fingerprint density at radius 1 is 1.38 bits per heavy atom. The van der Waals surface area contributed by atoms with Gasteiger partial charge in [-0.15, -0.1) is 13.2 Å². The van der Waals surface area contributed by atoms with Crippen molar-refractivity contribution in [2.75, 3.05) is 5.75 Å². The van der Waals surface area contributed by atoms with Crippen molar-refractivity contribution in [3.63, 3.8) is 0 Å². The highest BCUT2D eigenvalue weighted by molar-refractivity contribution is 7.80. The molecular weight excluding hydrogens is 176 g/mol. The molecule has 1 rings (SSSR count). The van der Waals surface area contributed by atoms with E-state index in [4.69, 9.17) is 0 Å². The smallest absolute Gasteiger partial charge is 0.00505 e. The molecule has 2 atom stereocenters. The molecule has 13 heavy (non-hydrogen) atoms. The summed E-state index contributed by atoms with van der Waals surface area (Å²) < 4.78 is 0. The molecule has 1 aliphatic rings. The molecule has 2 unspecified atom stereocenters. The molecule has 1 heteroatoms. The molecular formula is C12H20S. The van der Waals surface area contributed by atoms with Crippen LogP contribution in [0, 0.1) is 11.3 Å². The Balaban J connectivity index is 2.77. The van der Waals surface area contributed by atoms with Crippen LogP contribution in [-0.4, -0.2) is 5.75 Å². The highest BCUT2D eigenvalue weighted by atomic mass is 32.1. The van der Waals surface area contributed by atoms with E-state index in [9.17, 15) is 0 Å². The lowest BCUT2D eigenvalue weighted by atomic mass is 9.65. The predicted octanol–water partition coefficient (Wildman–Crippen LogP) is 3.85. The van der Waals surface area contributed by atoms with Gasteiger partial charge in [0.2, 0.25) is 0 Å². The fraction of sp³-hybridized carbons (Fsp3) is 0.667. The van der Waals surface area contributed by atoms with Crippen molar-refractivity contribution < 1.29 is 0 Å². The summed E-state index contributed by atoms with van der Waals surface area (Å²) in [7, 11) is 0. The quantitative estimate of drug-likeness (QED) is 0.512. The predicted molar refractivity (Wildman–Crippen MR) is 63.3 cm³/mol. The van der Waals surface area contributed by atoms with Crippen LogP contribution in [-0.2, 0) is 0 Å². The van der Waals surface area contributed by atoms with Gasteiger partial charge in [0.1, 0.15) is 0 Å². The summed E-state index contributed by atoms with van der Waals surface area (Å²) in [5.41, 5.74) is 0.307. The van der Waals surface area contributed by atoms with Crippen molar-refractivity contribution >= 4 is 12.6 Å². The van der Waals surface area contributed by atoms with Crippen molar-refractivity contribution in [2.24, 2.45) is 11.3 Å². The van der Waals surface area contributed by atoms with E-state index >= 15 is 0 Å². The highest BCUT2D eigenvalue weighted by Gasteiger charge is 2.35. The summed E-state index contributed by atoms with van der Waals surface area (Å²) in [6.45, 7) is 7.93. The fourth-order valence-electron chi connectivity index (χ4n) is 2.52.